The fourth-order valence-electron chi connectivity index (χ4n) is 2.37. The number of ether oxygens (including phenoxy) is 3. The number of rotatable bonds is 4. The predicted molar refractivity (Wildman–Crippen MR) is 92.2 cm³/mol. The monoisotopic (exact) mass is 322 g/mol. The van der Waals surface area contributed by atoms with Gasteiger partial charge in [-0.15, -0.1) is 0 Å². The Hall–Kier alpha value is -3.01. The third kappa shape index (κ3) is 3.33. The highest BCUT2D eigenvalue weighted by Crippen LogP contribution is 2.33. The zero-order valence-electron chi connectivity index (χ0n) is 13.7. The number of hydrogen-bond donors (Lipinski definition) is 0. The molecule has 4 nitrogen and oxygen atoms in total. The molecule has 1 aliphatic rings. The second-order valence-electron chi connectivity index (χ2n) is 5.54. The van der Waals surface area contributed by atoms with Gasteiger partial charge in [-0.1, -0.05) is 6.58 Å². The summed E-state index contributed by atoms with van der Waals surface area (Å²) in [6.07, 6.45) is 2.71. The van der Waals surface area contributed by atoms with Crippen LogP contribution in [0.3, 0.4) is 0 Å². The molecule has 3 rings (SSSR count). The maximum atomic E-state index is 11.6. The van der Waals surface area contributed by atoms with Crippen LogP contribution in [0.2, 0.25) is 0 Å². The lowest BCUT2D eigenvalue weighted by Gasteiger charge is -2.19. The summed E-state index contributed by atoms with van der Waals surface area (Å²) >= 11 is 0. The van der Waals surface area contributed by atoms with Gasteiger partial charge in [-0.05, 0) is 61.9 Å². The number of methoxy groups -OCH3 is 1. The predicted octanol–water partition coefficient (Wildman–Crippen LogP) is 4.15. The van der Waals surface area contributed by atoms with Crippen LogP contribution in [0.5, 0.6) is 17.2 Å². The maximum Gasteiger partial charge on any atom is 0.338 e. The van der Waals surface area contributed by atoms with Crippen molar-refractivity contribution >= 4 is 11.7 Å². The van der Waals surface area contributed by atoms with E-state index < -0.39 is 5.97 Å². The molecule has 0 atom stereocenters. The van der Waals surface area contributed by atoms with Gasteiger partial charge in [0.05, 0.1) is 7.11 Å². The lowest BCUT2D eigenvalue weighted by atomic mass is 10.0. The lowest BCUT2D eigenvalue weighted by molar-refractivity contribution is -0.130. The topological polar surface area (TPSA) is 44.8 Å². The van der Waals surface area contributed by atoms with E-state index in [4.69, 9.17) is 14.2 Å². The van der Waals surface area contributed by atoms with Crippen molar-refractivity contribution in [3.8, 4) is 17.2 Å². The summed E-state index contributed by atoms with van der Waals surface area (Å²) in [5.41, 5.74) is 2.32. The lowest BCUT2D eigenvalue weighted by Crippen LogP contribution is -2.09. The van der Waals surface area contributed by atoms with Gasteiger partial charge in [0.15, 0.2) is 0 Å². The minimum atomic E-state index is -0.429. The van der Waals surface area contributed by atoms with Crippen molar-refractivity contribution in [3.63, 3.8) is 0 Å². The molecule has 2 aromatic carbocycles. The molecule has 0 aromatic heterocycles. The second kappa shape index (κ2) is 6.62. The average molecular weight is 322 g/mol. The van der Waals surface area contributed by atoms with Crippen LogP contribution in [0.1, 0.15) is 18.1 Å². The molecule has 0 saturated heterocycles. The molecule has 0 radical (unpaired) electrons. The van der Waals surface area contributed by atoms with Crippen molar-refractivity contribution in [2.75, 3.05) is 7.11 Å². The minimum absolute atomic E-state index is 0.366. The Morgan fingerprint density at radius 3 is 2.50 bits per heavy atom. The number of benzene rings is 2. The number of fused-ring (bicyclic) bond motifs is 1. The molecule has 24 heavy (non-hydrogen) atoms. The number of hydrogen-bond acceptors (Lipinski definition) is 4. The standard InChI is InChI=1S/C20H18O4/c1-13(2)20(21)23-17-9-11-19-15(12-17)6-10-18(24-19)14-4-7-16(22-3)8-5-14/h4-5,7-12H,1,6H2,2-3H3. The van der Waals surface area contributed by atoms with Crippen LogP contribution in [-0.4, -0.2) is 13.1 Å². The fourth-order valence-corrected chi connectivity index (χ4v) is 2.37. The van der Waals surface area contributed by atoms with Crippen LogP contribution in [0.15, 0.2) is 60.7 Å². The molecule has 0 spiro atoms. The highest BCUT2D eigenvalue weighted by Gasteiger charge is 2.16. The molecule has 1 aliphatic heterocycles. The number of allylic oxidation sites excluding steroid dienone is 1. The Balaban J connectivity index is 1.77. The van der Waals surface area contributed by atoms with E-state index in [1.54, 1.807) is 20.1 Å². The number of carbonyl (C=O) groups excluding carboxylic acids is 1. The summed E-state index contributed by atoms with van der Waals surface area (Å²) < 4.78 is 16.4. The summed E-state index contributed by atoms with van der Waals surface area (Å²) in [5, 5.41) is 0. The number of esters is 1. The third-order valence-electron chi connectivity index (χ3n) is 3.69. The molecular weight excluding hydrogens is 304 g/mol. The van der Waals surface area contributed by atoms with Gasteiger partial charge in [-0.3, -0.25) is 0 Å². The molecule has 0 bridgehead atoms. The van der Waals surface area contributed by atoms with Crippen molar-refractivity contribution in [1.29, 1.82) is 0 Å². The average Bonchev–Trinajstić information content (AvgIpc) is 2.61. The Bertz CT molecular complexity index is 816. The van der Waals surface area contributed by atoms with Crippen LogP contribution in [0.4, 0.5) is 0 Å². The third-order valence-corrected chi connectivity index (χ3v) is 3.69. The zero-order chi connectivity index (χ0) is 17.1. The van der Waals surface area contributed by atoms with Gasteiger partial charge in [0.1, 0.15) is 23.0 Å². The Labute approximate surface area is 141 Å². The highest BCUT2D eigenvalue weighted by atomic mass is 16.5. The van der Waals surface area contributed by atoms with E-state index in [1.165, 1.54) is 0 Å². The van der Waals surface area contributed by atoms with Crippen molar-refractivity contribution in [1.82, 2.24) is 0 Å². The molecule has 1 heterocycles. The van der Waals surface area contributed by atoms with Crippen molar-refractivity contribution in [2.45, 2.75) is 13.3 Å². The second-order valence-corrected chi connectivity index (χ2v) is 5.54. The zero-order valence-corrected chi connectivity index (χ0v) is 13.7. The molecule has 2 aromatic rings. The van der Waals surface area contributed by atoms with Gasteiger partial charge >= 0.3 is 5.97 Å². The van der Waals surface area contributed by atoms with Gasteiger partial charge in [0.25, 0.3) is 0 Å². The van der Waals surface area contributed by atoms with E-state index in [2.05, 4.69) is 6.58 Å². The van der Waals surface area contributed by atoms with E-state index in [0.29, 0.717) is 17.7 Å². The van der Waals surface area contributed by atoms with Crippen molar-refractivity contribution in [2.24, 2.45) is 0 Å². The quantitative estimate of drug-likeness (QED) is 0.482. The van der Waals surface area contributed by atoms with Crippen LogP contribution >= 0.6 is 0 Å². The minimum Gasteiger partial charge on any atom is -0.497 e. The summed E-state index contributed by atoms with van der Waals surface area (Å²) in [4.78, 5) is 11.6. The number of carbonyl (C=O) groups is 1. The smallest absolute Gasteiger partial charge is 0.338 e. The van der Waals surface area contributed by atoms with Crippen molar-refractivity contribution in [3.05, 3.63) is 71.8 Å². The molecule has 0 saturated carbocycles. The first-order valence-corrected chi connectivity index (χ1v) is 7.60. The van der Waals surface area contributed by atoms with Crippen LogP contribution < -0.4 is 14.2 Å². The van der Waals surface area contributed by atoms with Crippen LogP contribution in [-0.2, 0) is 11.2 Å². The molecular formula is C20H18O4. The molecule has 0 unspecified atom stereocenters. The summed E-state index contributed by atoms with van der Waals surface area (Å²) in [7, 11) is 1.64. The first-order valence-electron chi connectivity index (χ1n) is 7.60. The van der Waals surface area contributed by atoms with E-state index in [1.807, 2.05) is 42.5 Å². The molecule has 0 aliphatic carbocycles. The first-order chi connectivity index (χ1) is 11.6. The van der Waals surface area contributed by atoms with E-state index in [9.17, 15) is 4.79 Å². The Morgan fingerprint density at radius 1 is 1.12 bits per heavy atom. The molecule has 4 heteroatoms. The van der Waals surface area contributed by atoms with Crippen molar-refractivity contribution < 1.29 is 19.0 Å². The van der Waals surface area contributed by atoms with Gasteiger partial charge in [0.2, 0.25) is 0 Å². The highest BCUT2D eigenvalue weighted by molar-refractivity contribution is 5.88. The van der Waals surface area contributed by atoms with Crippen LogP contribution in [0.25, 0.3) is 5.76 Å². The van der Waals surface area contributed by atoms with E-state index in [-0.39, 0.29) is 0 Å². The molecule has 122 valence electrons. The normalized spacial score (nSPS) is 12.5. The van der Waals surface area contributed by atoms with Gasteiger partial charge in [-0.2, -0.15) is 0 Å². The summed E-state index contributed by atoms with van der Waals surface area (Å²) in [6.45, 7) is 5.20. The molecule has 0 N–H and O–H groups in total. The molecule has 0 fully saturated rings. The maximum absolute atomic E-state index is 11.6. The first kappa shape index (κ1) is 15.9. The summed E-state index contributed by atoms with van der Waals surface area (Å²) in [5.74, 6) is 2.43. The van der Waals surface area contributed by atoms with Crippen LogP contribution in [0, 0.1) is 0 Å². The SMILES string of the molecule is C=C(C)C(=O)Oc1ccc2c(c1)CC=C(c1ccc(OC)cc1)O2. The Morgan fingerprint density at radius 2 is 1.83 bits per heavy atom. The van der Waals surface area contributed by atoms with Gasteiger partial charge in [0, 0.05) is 16.7 Å². The fraction of sp³-hybridized carbons (Fsp3) is 0.150. The van der Waals surface area contributed by atoms with E-state index in [0.717, 1.165) is 28.4 Å². The largest absolute Gasteiger partial charge is 0.497 e. The van der Waals surface area contributed by atoms with E-state index >= 15 is 0 Å². The molecule has 0 amide bonds. The van der Waals surface area contributed by atoms with Gasteiger partial charge in [-0.25, -0.2) is 4.79 Å². The Kier molecular flexibility index (Phi) is 4.38. The van der Waals surface area contributed by atoms with Gasteiger partial charge < -0.3 is 14.2 Å². The summed E-state index contributed by atoms with van der Waals surface area (Å²) in [6, 6.07) is 13.1.